The molecule has 1 heterocycles. The van der Waals surface area contributed by atoms with E-state index >= 15 is 0 Å². The van der Waals surface area contributed by atoms with Crippen LogP contribution in [0.5, 0.6) is 0 Å². The van der Waals surface area contributed by atoms with Crippen LogP contribution in [0.1, 0.15) is 21.5 Å². The molecule has 5 nitrogen and oxygen atoms in total. The maximum Gasteiger partial charge on any atom is 0.267 e. The van der Waals surface area contributed by atoms with Gasteiger partial charge in [0.2, 0.25) is 0 Å². The SMILES string of the molecule is Cc1ccc(Cn2ccsc2=NC(=O)CNC(=O)c2ccc(F)cc2F)cc1. The van der Waals surface area contributed by atoms with Crippen molar-refractivity contribution in [3.05, 3.63) is 87.2 Å². The van der Waals surface area contributed by atoms with Crippen molar-refractivity contribution in [2.75, 3.05) is 6.54 Å². The van der Waals surface area contributed by atoms with Gasteiger partial charge < -0.3 is 9.88 Å². The van der Waals surface area contributed by atoms with Gasteiger partial charge in [0.1, 0.15) is 11.6 Å². The molecule has 0 bridgehead atoms. The lowest BCUT2D eigenvalue weighted by molar-refractivity contribution is -0.117. The minimum atomic E-state index is -0.990. The number of hydrogen-bond donors (Lipinski definition) is 1. The number of thiazole rings is 1. The molecule has 0 fully saturated rings. The molecule has 0 aliphatic heterocycles. The maximum absolute atomic E-state index is 13.6. The second kappa shape index (κ2) is 8.71. The van der Waals surface area contributed by atoms with Gasteiger partial charge in [0, 0.05) is 24.2 Å². The van der Waals surface area contributed by atoms with Crippen molar-refractivity contribution >= 4 is 23.2 Å². The first-order valence-electron chi connectivity index (χ1n) is 8.42. The molecule has 28 heavy (non-hydrogen) atoms. The predicted molar refractivity (Wildman–Crippen MR) is 102 cm³/mol. The van der Waals surface area contributed by atoms with E-state index in [0.717, 1.165) is 23.3 Å². The molecular formula is C20H17F2N3O2S. The van der Waals surface area contributed by atoms with Crippen LogP contribution in [-0.2, 0) is 11.3 Å². The highest BCUT2D eigenvalue weighted by molar-refractivity contribution is 7.07. The molecule has 1 N–H and O–H groups in total. The largest absolute Gasteiger partial charge is 0.343 e. The summed E-state index contributed by atoms with van der Waals surface area (Å²) in [7, 11) is 0. The number of carbonyl (C=O) groups excluding carboxylic acids is 2. The normalized spacial score (nSPS) is 11.5. The Balaban J connectivity index is 1.66. The van der Waals surface area contributed by atoms with E-state index in [1.54, 1.807) is 0 Å². The van der Waals surface area contributed by atoms with E-state index in [4.69, 9.17) is 0 Å². The lowest BCUT2D eigenvalue weighted by Crippen LogP contribution is -2.30. The molecule has 144 valence electrons. The van der Waals surface area contributed by atoms with Crippen LogP contribution in [0, 0.1) is 18.6 Å². The number of carbonyl (C=O) groups is 2. The number of benzene rings is 2. The Hall–Kier alpha value is -3.13. The summed E-state index contributed by atoms with van der Waals surface area (Å²) in [5.74, 6) is -3.15. The quantitative estimate of drug-likeness (QED) is 0.714. The van der Waals surface area contributed by atoms with E-state index in [0.29, 0.717) is 17.4 Å². The number of hydrogen-bond acceptors (Lipinski definition) is 3. The van der Waals surface area contributed by atoms with E-state index in [-0.39, 0.29) is 5.56 Å². The summed E-state index contributed by atoms with van der Waals surface area (Å²) < 4.78 is 28.3. The molecule has 2 amide bonds. The molecule has 0 aliphatic carbocycles. The Bertz CT molecular complexity index is 1070. The van der Waals surface area contributed by atoms with E-state index in [1.165, 1.54) is 11.3 Å². The summed E-state index contributed by atoms with van der Waals surface area (Å²) in [6.45, 7) is 2.17. The minimum absolute atomic E-state index is 0.334. The smallest absolute Gasteiger partial charge is 0.267 e. The van der Waals surface area contributed by atoms with E-state index in [1.807, 2.05) is 47.3 Å². The molecule has 0 radical (unpaired) electrons. The molecule has 3 aromatic rings. The molecule has 0 saturated heterocycles. The van der Waals surface area contributed by atoms with Gasteiger partial charge in [-0.3, -0.25) is 9.59 Å². The summed E-state index contributed by atoms with van der Waals surface area (Å²) in [5, 5.41) is 4.11. The van der Waals surface area contributed by atoms with Gasteiger partial charge in [-0.25, -0.2) is 8.78 Å². The second-order valence-electron chi connectivity index (χ2n) is 6.11. The summed E-state index contributed by atoms with van der Waals surface area (Å²) in [5.41, 5.74) is 1.89. The van der Waals surface area contributed by atoms with Crippen LogP contribution in [0.25, 0.3) is 0 Å². The Morgan fingerprint density at radius 3 is 2.61 bits per heavy atom. The van der Waals surface area contributed by atoms with E-state index < -0.39 is 30.0 Å². The zero-order chi connectivity index (χ0) is 20.1. The summed E-state index contributed by atoms with van der Waals surface area (Å²) in [6, 6.07) is 10.6. The maximum atomic E-state index is 13.6. The highest BCUT2D eigenvalue weighted by Gasteiger charge is 2.13. The van der Waals surface area contributed by atoms with Gasteiger partial charge in [-0.05, 0) is 24.6 Å². The van der Waals surface area contributed by atoms with Crippen LogP contribution in [0.15, 0.2) is 59.0 Å². The fourth-order valence-corrected chi connectivity index (χ4v) is 3.21. The standard InChI is InChI=1S/C20H17F2N3O2S/c1-13-2-4-14(5-3-13)12-25-8-9-28-20(25)24-18(26)11-23-19(27)16-7-6-15(21)10-17(16)22/h2-10H,11-12H2,1H3,(H,23,27). The Labute approximate surface area is 164 Å². The van der Waals surface area contributed by atoms with Gasteiger partial charge in [-0.2, -0.15) is 4.99 Å². The minimum Gasteiger partial charge on any atom is -0.343 e. The average molecular weight is 401 g/mol. The first-order valence-corrected chi connectivity index (χ1v) is 9.30. The Morgan fingerprint density at radius 2 is 1.89 bits per heavy atom. The third-order valence-electron chi connectivity index (χ3n) is 3.93. The number of aromatic nitrogens is 1. The molecule has 0 saturated carbocycles. The van der Waals surface area contributed by atoms with Crippen LogP contribution in [0.3, 0.4) is 0 Å². The fraction of sp³-hybridized carbons (Fsp3) is 0.150. The number of halogens is 2. The molecule has 0 atom stereocenters. The van der Waals surface area contributed by atoms with Crippen LogP contribution in [0.2, 0.25) is 0 Å². The monoisotopic (exact) mass is 401 g/mol. The van der Waals surface area contributed by atoms with Crippen molar-refractivity contribution in [2.45, 2.75) is 13.5 Å². The van der Waals surface area contributed by atoms with Gasteiger partial charge >= 0.3 is 0 Å². The van der Waals surface area contributed by atoms with Crippen molar-refractivity contribution in [1.29, 1.82) is 0 Å². The summed E-state index contributed by atoms with van der Waals surface area (Å²) >= 11 is 1.30. The molecule has 3 rings (SSSR count). The van der Waals surface area contributed by atoms with E-state index in [2.05, 4.69) is 10.3 Å². The number of aryl methyl sites for hydroxylation is 1. The number of nitrogens with zero attached hydrogens (tertiary/aromatic N) is 2. The number of amides is 2. The van der Waals surface area contributed by atoms with Crippen molar-refractivity contribution in [3.63, 3.8) is 0 Å². The molecule has 8 heteroatoms. The first-order chi connectivity index (χ1) is 13.4. The molecule has 1 aromatic heterocycles. The molecule has 0 spiro atoms. The van der Waals surface area contributed by atoms with Crippen molar-refractivity contribution < 1.29 is 18.4 Å². The van der Waals surface area contributed by atoms with Crippen molar-refractivity contribution in [2.24, 2.45) is 4.99 Å². The van der Waals surface area contributed by atoms with Crippen LogP contribution < -0.4 is 10.1 Å². The summed E-state index contributed by atoms with van der Waals surface area (Å²) in [6.07, 6.45) is 1.82. The lowest BCUT2D eigenvalue weighted by Gasteiger charge is -2.05. The third kappa shape index (κ3) is 4.98. The van der Waals surface area contributed by atoms with Gasteiger partial charge in [0.25, 0.3) is 11.8 Å². The second-order valence-corrected chi connectivity index (χ2v) is 6.98. The predicted octanol–water partition coefficient (Wildman–Crippen LogP) is 3.04. The zero-order valence-electron chi connectivity index (χ0n) is 15.0. The number of nitrogens with one attached hydrogen (secondary N) is 1. The van der Waals surface area contributed by atoms with Crippen LogP contribution in [-0.4, -0.2) is 22.9 Å². The zero-order valence-corrected chi connectivity index (χ0v) is 15.8. The molecule has 2 aromatic carbocycles. The van der Waals surface area contributed by atoms with Crippen molar-refractivity contribution in [1.82, 2.24) is 9.88 Å². The summed E-state index contributed by atoms with van der Waals surface area (Å²) in [4.78, 5) is 28.5. The van der Waals surface area contributed by atoms with Gasteiger partial charge in [-0.1, -0.05) is 29.8 Å². The van der Waals surface area contributed by atoms with Crippen LogP contribution >= 0.6 is 11.3 Å². The van der Waals surface area contributed by atoms with E-state index in [9.17, 15) is 18.4 Å². The lowest BCUT2D eigenvalue weighted by atomic mass is 10.1. The van der Waals surface area contributed by atoms with Crippen molar-refractivity contribution in [3.8, 4) is 0 Å². The fourth-order valence-electron chi connectivity index (χ4n) is 2.47. The molecular weight excluding hydrogens is 384 g/mol. The van der Waals surface area contributed by atoms with Crippen LogP contribution in [0.4, 0.5) is 8.78 Å². The molecule has 0 aliphatic rings. The average Bonchev–Trinajstić information content (AvgIpc) is 3.08. The van der Waals surface area contributed by atoms with Gasteiger partial charge in [0.15, 0.2) is 4.80 Å². The molecule has 0 unspecified atom stereocenters. The van der Waals surface area contributed by atoms with Gasteiger partial charge in [-0.15, -0.1) is 11.3 Å². The number of rotatable bonds is 5. The highest BCUT2D eigenvalue weighted by atomic mass is 32.1. The third-order valence-corrected chi connectivity index (χ3v) is 4.72. The first kappa shape index (κ1) is 19.6. The topological polar surface area (TPSA) is 63.5 Å². The Morgan fingerprint density at radius 1 is 1.14 bits per heavy atom. The Kier molecular flexibility index (Phi) is 6.10. The highest BCUT2D eigenvalue weighted by Crippen LogP contribution is 2.09. The van der Waals surface area contributed by atoms with Gasteiger partial charge in [0.05, 0.1) is 12.1 Å².